The number of rotatable bonds is 4. The van der Waals surface area contributed by atoms with Gasteiger partial charge in [-0.3, -0.25) is 9.00 Å². The highest BCUT2D eigenvalue weighted by molar-refractivity contribution is 9.10. The minimum absolute atomic E-state index is 0.0349. The average Bonchev–Trinajstić information content (AvgIpc) is 2.60. The van der Waals surface area contributed by atoms with E-state index in [1.54, 1.807) is 18.5 Å². The predicted octanol–water partition coefficient (Wildman–Crippen LogP) is 1.27. The number of H-pyrrole nitrogens is 1. The number of hydrogen-bond donors (Lipinski definition) is 2. The van der Waals surface area contributed by atoms with Gasteiger partial charge in [-0.2, -0.15) is 0 Å². The van der Waals surface area contributed by atoms with Crippen molar-refractivity contribution < 1.29 is 9.00 Å². The Morgan fingerprint density at radius 1 is 1.73 bits per heavy atom. The first kappa shape index (κ1) is 12.4. The van der Waals surface area contributed by atoms with E-state index in [-0.39, 0.29) is 11.2 Å². The molecule has 2 unspecified atom stereocenters. The Labute approximate surface area is 99.4 Å². The van der Waals surface area contributed by atoms with Gasteiger partial charge in [-0.1, -0.05) is 0 Å². The number of halogens is 1. The van der Waals surface area contributed by atoms with E-state index in [0.717, 1.165) is 4.47 Å². The summed E-state index contributed by atoms with van der Waals surface area (Å²) in [7, 11) is -0.912. The Bertz CT molecular complexity index is 378. The summed E-state index contributed by atoms with van der Waals surface area (Å²) in [4.78, 5) is 14.3. The number of amides is 1. The molecule has 0 aliphatic rings. The minimum atomic E-state index is -0.912. The molecular formula is C9H13BrN2O2S. The van der Waals surface area contributed by atoms with Crippen molar-refractivity contribution in [2.75, 3.05) is 12.8 Å². The lowest BCUT2D eigenvalue weighted by Crippen LogP contribution is -2.32. The van der Waals surface area contributed by atoms with Crippen LogP contribution in [0.2, 0.25) is 0 Å². The van der Waals surface area contributed by atoms with E-state index < -0.39 is 10.8 Å². The molecule has 0 aromatic carbocycles. The van der Waals surface area contributed by atoms with Crippen molar-refractivity contribution in [3.05, 3.63) is 22.4 Å². The lowest BCUT2D eigenvalue weighted by molar-refractivity contribution is 0.0949. The molecule has 15 heavy (non-hydrogen) atoms. The highest BCUT2D eigenvalue weighted by atomic mass is 79.9. The molecule has 6 heteroatoms. The van der Waals surface area contributed by atoms with Crippen molar-refractivity contribution >= 4 is 32.6 Å². The standard InChI is InChI=1S/C9H13BrN2O2S/c1-6(15(2)14)4-12-9(13)8-3-7(10)5-11-8/h3,5-6,11H,4H2,1-2H3,(H,12,13). The molecule has 2 atom stereocenters. The van der Waals surface area contributed by atoms with Crippen LogP contribution in [0.15, 0.2) is 16.7 Å². The van der Waals surface area contributed by atoms with Crippen molar-refractivity contribution in [1.82, 2.24) is 10.3 Å². The smallest absolute Gasteiger partial charge is 0.267 e. The molecule has 0 spiro atoms. The fourth-order valence-corrected chi connectivity index (χ4v) is 1.61. The maximum Gasteiger partial charge on any atom is 0.267 e. The van der Waals surface area contributed by atoms with Gasteiger partial charge in [-0.05, 0) is 28.9 Å². The van der Waals surface area contributed by atoms with Gasteiger partial charge in [0.2, 0.25) is 0 Å². The highest BCUT2D eigenvalue weighted by Crippen LogP contribution is 2.10. The molecule has 0 aliphatic heterocycles. The first-order chi connectivity index (χ1) is 7.00. The molecule has 0 saturated carbocycles. The van der Waals surface area contributed by atoms with Crippen molar-refractivity contribution in [1.29, 1.82) is 0 Å². The van der Waals surface area contributed by atoms with E-state index in [0.29, 0.717) is 12.2 Å². The zero-order chi connectivity index (χ0) is 11.4. The van der Waals surface area contributed by atoms with Crippen LogP contribution in [0.3, 0.4) is 0 Å². The Morgan fingerprint density at radius 3 is 2.87 bits per heavy atom. The fraction of sp³-hybridized carbons (Fsp3) is 0.444. The van der Waals surface area contributed by atoms with Gasteiger partial charge >= 0.3 is 0 Å². The van der Waals surface area contributed by atoms with Gasteiger partial charge in [0.1, 0.15) is 5.69 Å². The molecule has 0 bridgehead atoms. The molecule has 1 aromatic rings. The van der Waals surface area contributed by atoms with Crippen LogP contribution >= 0.6 is 15.9 Å². The minimum Gasteiger partial charge on any atom is -0.356 e. The second-order valence-electron chi connectivity index (χ2n) is 3.25. The molecule has 0 saturated heterocycles. The maximum atomic E-state index is 11.5. The van der Waals surface area contributed by atoms with Crippen LogP contribution in [0.25, 0.3) is 0 Å². The molecular weight excluding hydrogens is 280 g/mol. The van der Waals surface area contributed by atoms with Crippen LogP contribution in [-0.2, 0) is 10.8 Å². The highest BCUT2D eigenvalue weighted by Gasteiger charge is 2.11. The van der Waals surface area contributed by atoms with Crippen molar-refractivity contribution in [3.8, 4) is 0 Å². The second-order valence-corrected chi connectivity index (χ2v) is 5.97. The maximum absolute atomic E-state index is 11.5. The molecule has 84 valence electrons. The summed E-state index contributed by atoms with van der Waals surface area (Å²) in [5.41, 5.74) is 0.496. The van der Waals surface area contributed by atoms with Gasteiger partial charge in [0, 0.05) is 39.5 Å². The summed E-state index contributed by atoms with van der Waals surface area (Å²) in [6, 6.07) is 1.70. The SMILES string of the molecule is CC(CNC(=O)c1cc(Br)c[nH]1)S(C)=O. The summed E-state index contributed by atoms with van der Waals surface area (Å²) < 4.78 is 11.9. The van der Waals surface area contributed by atoms with Gasteiger partial charge < -0.3 is 10.3 Å². The van der Waals surface area contributed by atoms with Crippen molar-refractivity contribution in [2.24, 2.45) is 0 Å². The van der Waals surface area contributed by atoms with Crippen LogP contribution in [0.1, 0.15) is 17.4 Å². The zero-order valence-electron chi connectivity index (χ0n) is 8.54. The number of aromatic amines is 1. The number of carbonyl (C=O) groups is 1. The quantitative estimate of drug-likeness (QED) is 0.878. The van der Waals surface area contributed by atoms with Crippen LogP contribution < -0.4 is 5.32 Å². The Kier molecular flexibility index (Phi) is 4.53. The van der Waals surface area contributed by atoms with Crippen LogP contribution in [0.4, 0.5) is 0 Å². The van der Waals surface area contributed by atoms with Gasteiger partial charge in [0.05, 0.1) is 0 Å². The number of nitrogens with one attached hydrogen (secondary N) is 2. The first-order valence-electron chi connectivity index (χ1n) is 4.45. The first-order valence-corrected chi connectivity index (χ1v) is 6.86. The molecule has 0 aliphatic carbocycles. The largest absolute Gasteiger partial charge is 0.356 e. The van der Waals surface area contributed by atoms with Crippen molar-refractivity contribution in [3.63, 3.8) is 0 Å². The third-order valence-corrected chi connectivity index (χ3v) is 3.77. The second kappa shape index (κ2) is 5.46. The normalized spacial score (nSPS) is 14.6. The van der Waals surface area contributed by atoms with Gasteiger partial charge in [-0.15, -0.1) is 0 Å². The molecule has 1 amide bonds. The number of hydrogen-bond acceptors (Lipinski definition) is 2. The summed E-state index contributed by atoms with van der Waals surface area (Å²) in [6.45, 7) is 2.25. The number of aromatic nitrogens is 1. The zero-order valence-corrected chi connectivity index (χ0v) is 10.9. The molecule has 1 aromatic heterocycles. The third-order valence-electron chi connectivity index (χ3n) is 2.01. The number of carbonyl (C=O) groups excluding carboxylic acids is 1. The summed E-state index contributed by atoms with van der Waals surface area (Å²) in [5.74, 6) is -0.182. The van der Waals surface area contributed by atoms with Gasteiger partial charge in [0.15, 0.2) is 0 Å². The van der Waals surface area contributed by atoms with Crippen LogP contribution in [0, 0.1) is 0 Å². The molecule has 0 radical (unpaired) electrons. The lowest BCUT2D eigenvalue weighted by Gasteiger charge is -2.08. The third kappa shape index (κ3) is 3.79. The van der Waals surface area contributed by atoms with E-state index in [4.69, 9.17) is 0 Å². The Morgan fingerprint density at radius 2 is 2.40 bits per heavy atom. The predicted molar refractivity (Wildman–Crippen MR) is 64.4 cm³/mol. The molecule has 1 rings (SSSR count). The Hall–Kier alpha value is -0.620. The molecule has 1 heterocycles. The molecule has 2 N–H and O–H groups in total. The van der Waals surface area contributed by atoms with E-state index in [9.17, 15) is 9.00 Å². The van der Waals surface area contributed by atoms with Crippen molar-refractivity contribution in [2.45, 2.75) is 12.2 Å². The Balaban J connectivity index is 2.47. The van der Waals surface area contributed by atoms with E-state index in [1.165, 1.54) is 0 Å². The lowest BCUT2D eigenvalue weighted by atomic mass is 10.4. The molecule has 4 nitrogen and oxygen atoms in total. The summed E-state index contributed by atoms with van der Waals surface area (Å²) >= 11 is 3.24. The fourth-order valence-electron chi connectivity index (χ4n) is 0.948. The van der Waals surface area contributed by atoms with E-state index in [2.05, 4.69) is 26.2 Å². The van der Waals surface area contributed by atoms with Gasteiger partial charge in [-0.25, -0.2) is 0 Å². The van der Waals surface area contributed by atoms with E-state index >= 15 is 0 Å². The molecule has 0 fully saturated rings. The van der Waals surface area contributed by atoms with Gasteiger partial charge in [0.25, 0.3) is 5.91 Å². The monoisotopic (exact) mass is 292 g/mol. The average molecular weight is 293 g/mol. The topological polar surface area (TPSA) is 62.0 Å². The van der Waals surface area contributed by atoms with Crippen LogP contribution in [-0.4, -0.2) is 33.2 Å². The van der Waals surface area contributed by atoms with E-state index in [1.807, 2.05) is 6.92 Å². The van der Waals surface area contributed by atoms with Crippen LogP contribution in [0.5, 0.6) is 0 Å². The summed E-state index contributed by atoms with van der Waals surface area (Å²) in [5, 5.41) is 2.67. The summed E-state index contributed by atoms with van der Waals surface area (Å²) in [6.07, 6.45) is 3.32.